The molecule has 0 radical (unpaired) electrons. The number of rotatable bonds is 6. The summed E-state index contributed by atoms with van der Waals surface area (Å²) < 4.78 is 0. The Labute approximate surface area is 188 Å². The zero-order valence-corrected chi connectivity index (χ0v) is 18.1. The van der Waals surface area contributed by atoms with Crippen molar-refractivity contribution in [3.05, 3.63) is 121 Å². The predicted molar refractivity (Wildman–Crippen MR) is 132 cm³/mol. The minimum atomic E-state index is 0.260. The van der Waals surface area contributed by atoms with E-state index in [9.17, 15) is 0 Å². The van der Waals surface area contributed by atoms with Crippen molar-refractivity contribution in [2.45, 2.75) is 12.8 Å². The molecule has 0 bridgehead atoms. The highest BCUT2D eigenvalue weighted by Gasteiger charge is 2.10. The molecule has 3 heteroatoms. The van der Waals surface area contributed by atoms with Gasteiger partial charge in [-0.2, -0.15) is 0 Å². The average molecular weight is 423 g/mol. The van der Waals surface area contributed by atoms with Crippen LogP contribution in [0.1, 0.15) is 18.4 Å². The van der Waals surface area contributed by atoms with Gasteiger partial charge in [-0.1, -0.05) is 111 Å². The van der Waals surface area contributed by atoms with E-state index in [0.29, 0.717) is 5.92 Å². The quantitative estimate of drug-likeness (QED) is 0.232. The fourth-order valence-electron chi connectivity index (χ4n) is 3.57. The highest BCUT2D eigenvalue weighted by Crippen LogP contribution is 2.30. The fourth-order valence-corrected chi connectivity index (χ4v) is 3.75. The normalized spacial score (nSPS) is 12.6. The third-order valence-electron chi connectivity index (χ3n) is 5.24. The fraction of sp³-hybridized carbons (Fsp3) is 0.0714. The maximum absolute atomic E-state index is 6.16. The number of fused-ring (bicyclic) bond motifs is 1. The molecule has 1 aromatic heterocycles. The zero-order valence-electron chi connectivity index (χ0n) is 17.4. The van der Waals surface area contributed by atoms with E-state index in [-0.39, 0.29) is 5.28 Å². The van der Waals surface area contributed by atoms with Gasteiger partial charge >= 0.3 is 0 Å². The number of hydrogen-bond acceptors (Lipinski definition) is 2. The molecule has 4 aromatic rings. The van der Waals surface area contributed by atoms with Crippen molar-refractivity contribution < 1.29 is 0 Å². The number of aromatic nitrogens is 2. The Morgan fingerprint density at radius 3 is 2.39 bits per heavy atom. The average Bonchev–Trinajstić information content (AvgIpc) is 2.81. The number of nitrogens with zero attached hydrogens (tertiary/aromatic N) is 2. The molecular formula is C28H23ClN2. The van der Waals surface area contributed by atoms with Gasteiger partial charge in [0, 0.05) is 10.9 Å². The summed E-state index contributed by atoms with van der Waals surface area (Å²) >= 11 is 6.16. The molecule has 4 rings (SSSR count). The number of halogens is 1. The lowest BCUT2D eigenvalue weighted by molar-refractivity contribution is 0.968. The van der Waals surface area contributed by atoms with E-state index in [2.05, 4.69) is 84.2 Å². The minimum Gasteiger partial charge on any atom is -0.218 e. The summed E-state index contributed by atoms with van der Waals surface area (Å²) in [5.41, 5.74) is 6.35. The van der Waals surface area contributed by atoms with Gasteiger partial charge in [0.05, 0.1) is 11.2 Å². The molecule has 152 valence electrons. The molecule has 0 aliphatic carbocycles. The van der Waals surface area contributed by atoms with Gasteiger partial charge in [0.2, 0.25) is 5.28 Å². The molecule has 0 N–H and O–H groups in total. The second-order valence-electron chi connectivity index (χ2n) is 7.36. The Hall–Kier alpha value is -3.49. The van der Waals surface area contributed by atoms with Crippen molar-refractivity contribution in [2.75, 3.05) is 0 Å². The van der Waals surface area contributed by atoms with Crippen LogP contribution >= 0.6 is 11.6 Å². The van der Waals surface area contributed by atoms with Gasteiger partial charge < -0.3 is 0 Å². The molecule has 0 saturated carbocycles. The maximum Gasteiger partial charge on any atom is 0.223 e. The highest BCUT2D eigenvalue weighted by molar-refractivity contribution is 6.28. The van der Waals surface area contributed by atoms with Crippen LogP contribution in [0.5, 0.6) is 0 Å². The zero-order chi connectivity index (χ0) is 21.6. The van der Waals surface area contributed by atoms with Crippen LogP contribution in [0.4, 0.5) is 0 Å². The van der Waals surface area contributed by atoms with Gasteiger partial charge in [0.25, 0.3) is 0 Å². The van der Waals surface area contributed by atoms with Crippen LogP contribution in [0.15, 0.2) is 110 Å². The lowest BCUT2D eigenvalue weighted by Gasteiger charge is -2.11. The van der Waals surface area contributed by atoms with E-state index in [1.165, 1.54) is 11.1 Å². The van der Waals surface area contributed by atoms with Gasteiger partial charge in [-0.05, 0) is 40.3 Å². The van der Waals surface area contributed by atoms with Crippen molar-refractivity contribution >= 4 is 22.5 Å². The van der Waals surface area contributed by atoms with Crippen LogP contribution in [0.3, 0.4) is 0 Å². The van der Waals surface area contributed by atoms with Crippen LogP contribution in [0, 0.1) is 0 Å². The second-order valence-corrected chi connectivity index (χ2v) is 7.69. The predicted octanol–water partition coefficient (Wildman–Crippen LogP) is 8.02. The molecule has 1 unspecified atom stereocenters. The van der Waals surface area contributed by atoms with Crippen molar-refractivity contribution in [3.8, 4) is 22.4 Å². The molecule has 0 spiro atoms. The summed E-state index contributed by atoms with van der Waals surface area (Å²) in [6.45, 7) is 5.89. The number of hydrogen-bond donors (Lipinski definition) is 0. The largest absolute Gasteiger partial charge is 0.223 e. The Balaban J connectivity index is 1.63. The lowest BCUT2D eigenvalue weighted by Crippen LogP contribution is -1.92. The Morgan fingerprint density at radius 1 is 0.806 bits per heavy atom. The summed E-state index contributed by atoms with van der Waals surface area (Å²) in [4.78, 5) is 8.81. The summed E-state index contributed by atoms with van der Waals surface area (Å²) in [5.74, 6) is 0.322. The molecule has 0 aliphatic rings. The van der Waals surface area contributed by atoms with Crippen molar-refractivity contribution in [1.29, 1.82) is 0 Å². The van der Waals surface area contributed by atoms with Crippen LogP contribution in [0.2, 0.25) is 5.28 Å². The van der Waals surface area contributed by atoms with E-state index < -0.39 is 0 Å². The van der Waals surface area contributed by atoms with Crippen molar-refractivity contribution in [2.24, 2.45) is 0 Å². The first-order valence-electron chi connectivity index (χ1n) is 10.2. The third kappa shape index (κ3) is 4.82. The summed E-state index contributed by atoms with van der Waals surface area (Å²) in [7, 11) is 0. The van der Waals surface area contributed by atoms with E-state index in [1.54, 1.807) is 6.08 Å². The van der Waals surface area contributed by atoms with Crippen molar-refractivity contribution in [1.82, 2.24) is 9.97 Å². The van der Waals surface area contributed by atoms with Gasteiger partial charge in [-0.3, -0.25) is 0 Å². The highest BCUT2D eigenvalue weighted by atomic mass is 35.5. The van der Waals surface area contributed by atoms with Gasteiger partial charge in [0.1, 0.15) is 0 Å². The summed E-state index contributed by atoms with van der Waals surface area (Å²) in [5, 5.41) is 1.25. The maximum atomic E-state index is 6.16. The molecule has 0 saturated heterocycles. The molecular weight excluding hydrogens is 400 g/mol. The van der Waals surface area contributed by atoms with E-state index in [0.717, 1.165) is 27.7 Å². The van der Waals surface area contributed by atoms with Crippen LogP contribution in [-0.2, 0) is 0 Å². The molecule has 1 atom stereocenters. The Kier molecular flexibility index (Phi) is 6.40. The molecule has 0 aliphatic heterocycles. The molecule has 1 heterocycles. The molecule has 0 fully saturated rings. The van der Waals surface area contributed by atoms with E-state index in [1.807, 2.05) is 36.4 Å². The van der Waals surface area contributed by atoms with Crippen LogP contribution < -0.4 is 0 Å². The second kappa shape index (κ2) is 9.55. The van der Waals surface area contributed by atoms with Gasteiger partial charge in [-0.15, -0.1) is 0 Å². The monoisotopic (exact) mass is 422 g/mol. The first-order chi connectivity index (χ1) is 15.2. The van der Waals surface area contributed by atoms with Gasteiger partial charge in [-0.25, -0.2) is 9.97 Å². The molecule has 3 aromatic carbocycles. The molecule has 2 nitrogen and oxygen atoms in total. The van der Waals surface area contributed by atoms with E-state index in [4.69, 9.17) is 11.6 Å². The van der Waals surface area contributed by atoms with Crippen molar-refractivity contribution in [3.63, 3.8) is 0 Å². The van der Waals surface area contributed by atoms with E-state index >= 15 is 0 Å². The SMILES string of the molecule is C=C/C=C\C=C/C(C)c1cccc(-c2ccc(-c3nc(Cl)nc4ccccc34)cc2)c1. The number of benzene rings is 3. The molecule has 0 amide bonds. The Bertz CT molecular complexity index is 1270. The minimum absolute atomic E-state index is 0.260. The third-order valence-corrected chi connectivity index (χ3v) is 5.41. The number of allylic oxidation sites excluding steroid dienone is 5. The summed E-state index contributed by atoms with van der Waals surface area (Å²) in [6.07, 6.45) is 9.94. The smallest absolute Gasteiger partial charge is 0.218 e. The first-order valence-corrected chi connectivity index (χ1v) is 10.6. The first kappa shape index (κ1) is 20.8. The topological polar surface area (TPSA) is 25.8 Å². The van der Waals surface area contributed by atoms with Crippen LogP contribution in [0.25, 0.3) is 33.3 Å². The lowest BCUT2D eigenvalue weighted by atomic mass is 9.95. The Morgan fingerprint density at radius 2 is 1.58 bits per heavy atom. The summed E-state index contributed by atoms with van der Waals surface area (Å²) in [6, 6.07) is 25.0. The molecule has 31 heavy (non-hydrogen) atoms. The van der Waals surface area contributed by atoms with Crippen LogP contribution in [-0.4, -0.2) is 9.97 Å². The number of para-hydroxylation sites is 1. The van der Waals surface area contributed by atoms with Gasteiger partial charge in [0.15, 0.2) is 0 Å². The standard InChI is InChI=1S/C28H23ClN2/c1-3-4-5-6-10-20(2)23-11-9-12-24(19-23)21-15-17-22(18-16-21)27-25-13-7-8-14-26(25)30-28(29)31-27/h3-20H,1H2,2H3/b5-4-,10-6-.